The number of aromatic nitrogens is 1. The van der Waals surface area contributed by atoms with Crippen molar-refractivity contribution < 1.29 is 20.2 Å². The topological polar surface area (TPSA) is 109 Å². The monoisotopic (exact) mass is 435 g/mol. The van der Waals surface area contributed by atoms with Crippen molar-refractivity contribution in [1.29, 1.82) is 0 Å². The van der Waals surface area contributed by atoms with Crippen LogP contribution in [0.4, 0.5) is 0 Å². The minimum absolute atomic E-state index is 0.00241. The minimum atomic E-state index is -0.569. The fourth-order valence-electron chi connectivity index (χ4n) is 4.82. The molecule has 0 radical (unpaired) electrons. The number of nitrogens with one attached hydrogen (secondary N) is 2. The maximum absolute atomic E-state index is 11.2. The number of nitrogens with zero attached hydrogens (tertiary/aromatic N) is 1. The van der Waals surface area contributed by atoms with Crippen molar-refractivity contribution in [3.8, 4) is 0 Å². The van der Waals surface area contributed by atoms with Crippen molar-refractivity contribution in [2.45, 2.75) is 31.3 Å². The van der Waals surface area contributed by atoms with Gasteiger partial charge in [0.25, 0.3) is 5.91 Å². The second-order valence-electron chi connectivity index (χ2n) is 8.18. The summed E-state index contributed by atoms with van der Waals surface area (Å²) in [5.74, 6) is -0.569. The number of H-pyrrole nitrogens is 1. The fraction of sp³-hybridized carbons (Fsp3) is 0.320. The van der Waals surface area contributed by atoms with Crippen LogP contribution in [0.2, 0.25) is 0 Å². The van der Waals surface area contributed by atoms with Gasteiger partial charge in [-0.1, -0.05) is 36.4 Å². The molecule has 7 nitrogen and oxygen atoms in total. The van der Waals surface area contributed by atoms with Crippen LogP contribution < -0.4 is 5.48 Å². The Hall–Kier alpha value is -2.97. The summed E-state index contributed by atoms with van der Waals surface area (Å²) in [6.07, 6.45) is 7.44. The van der Waals surface area contributed by atoms with Crippen LogP contribution in [0.1, 0.15) is 34.7 Å². The maximum Gasteiger partial charge on any atom is 0.267 e. The molecule has 1 aromatic heterocycles. The van der Waals surface area contributed by atoms with Gasteiger partial charge in [-0.3, -0.25) is 14.9 Å². The highest BCUT2D eigenvalue weighted by molar-refractivity contribution is 5.90. The molecule has 7 heteroatoms. The van der Waals surface area contributed by atoms with Crippen LogP contribution in [0.25, 0.3) is 17.0 Å². The van der Waals surface area contributed by atoms with E-state index in [-0.39, 0.29) is 25.3 Å². The molecule has 1 heterocycles. The molecule has 3 aromatic rings. The van der Waals surface area contributed by atoms with Gasteiger partial charge < -0.3 is 15.2 Å². The Kier molecular flexibility index (Phi) is 7.02. The summed E-state index contributed by atoms with van der Waals surface area (Å²) in [4.78, 5) is 16.8. The van der Waals surface area contributed by atoms with E-state index in [1.54, 1.807) is 11.6 Å². The SMILES string of the molecule is O=C(/C=C/c1ccc2c(c1)CCC2N(CCO)C(CO)Cc1c[nH]c2ccccc12)NO. The van der Waals surface area contributed by atoms with Gasteiger partial charge in [-0.05, 0) is 53.7 Å². The smallest absolute Gasteiger partial charge is 0.267 e. The third-order valence-electron chi connectivity index (χ3n) is 6.32. The normalized spacial score (nSPS) is 16.7. The summed E-state index contributed by atoms with van der Waals surface area (Å²) in [6.45, 7) is 0.506. The van der Waals surface area contributed by atoms with Crippen molar-refractivity contribution in [2.75, 3.05) is 19.8 Å². The molecular formula is C25H29N3O4. The lowest BCUT2D eigenvalue weighted by Gasteiger charge is -2.35. The van der Waals surface area contributed by atoms with Crippen LogP contribution in [0.15, 0.2) is 54.7 Å². The Morgan fingerprint density at radius 2 is 2.09 bits per heavy atom. The Balaban J connectivity index is 1.57. The first-order chi connectivity index (χ1) is 15.6. The van der Waals surface area contributed by atoms with Gasteiger partial charge in [-0.25, -0.2) is 5.48 Å². The van der Waals surface area contributed by atoms with Gasteiger partial charge >= 0.3 is 0 Å². The molecule has 168 valence electrons. The number of benzene rings is 2. The first-order valence-electron chi connectivity index (χ1n) is 10.9. The summed E-state index contributed by atoms with van der Waals surface area (Å²) >= 11 is 0. The predicted molar refractivity (Wildman–Crippen MR) is 123 cm³/mol. The zero-order chi connectivity index (χ0) is 22.5. The number of carbonyl (C=O) groups is 1. The summed E-state index contributed by atoms with van der Waals surface area (Å²) < 4.78 is 0. The number of para-hydroxylation sites is 1. The van der Waals surface area contributed by atoms with E-state index in [0.717, 1.165) is 34.9 Å². The van der Waals surface area contributed by atoms with Crippen molar-refractivity contribution in [2.24, 2.45) is 0 Å². The van der Waals surface area contributed by atoms with Crippen LogP contribution in [0.5, 0.6) is 0 Å². The molecule has 4 rings (SSSR count). The van der Waals surface area contributed by atoms with Crippen molar-refractivity contribution in [3.63, 3.8) is 0 Å². The molecule has 0 aliphatic heterocycles. The second kappa shape index (κ2) is 10.1. The standard InChI is InChI=1S/C25H29N3O4/c29-12-11-28(20(16-30)14-19-15-26-23-4-2-1-3-21(19)23)24-9-7-18-13-17(5-8-22(18)24)6-10-25(31)27-32/h1-6,8,10,13,15,20,24,26,29-30,32H,7,9,11-12,14,16H2,(H,27,31)/b10-6+. The second-order valence-corrected chi connectivity index (χ2v) is 8.18. The maximum atomic E-state index is 11.2. The Bertz CT molecular complexity index is 1110. The van der Waals surface area contributed by atoms with E-state index in [0.29, 0.717) is 13.0 Å². The lowest BCUT2D eigenvalue weighted by Crippen LogP contribution is -2.43. The lowest BCUT2D eigenvalue weighted by molar-refractivity contribution is -0.124. The molecule has 1 amide bonds. The number of carbonyl (C=O) groups excluding carboxylic acids is 1. The van der Waals surface area contributed by atoms with Gasteiger partial charge in [0.15, 0.2) is 0 Å². The fourth-order valence-corrected chi connectivity index (χ4v) is 4.82. The van der Waals surface area contributed by atoms with E-state index < -0.39 is 5.91 Å². The van der Waals surface area contributed by atoms with Gasteiger partial charge in [0.1, 0.15) is 0 Å². The molecule has 32 heavy (non-hydrogen) atoms. The molecule has 1 aliphatic carbocycles. The molecule has 0 saturated heterocycles. The number of hydrogen-bond donors (Lipinski definition) is 5. The number of aliphatic hydroxyl groups excluding tert-OH is 2. The van der Waals surface area contributed by atoms with E-state index in [4.69, 9.17) is 5.21 Å². The predicted octanol–water partition coefficient (Wildman–Crippen LogP) is 2.57. The molecule has 1 aliphatic rings. The summed E-state index contributed by atoms with van der Waals surface area (Å²) in [7, 11) is 0. The van der Waals surface area contributed by atoms with Crippen LogP contribution in [0.3, 0.4) is 0 Å². The summed E-state index contributed by atoms with van der Waals surface area (Å²) in [6, 6.07) is 14.2. The van der Waals surface area contributed by atoms with E-state index in [2.05, 4.69) is 28.1 Å². The molecule has 0 bridgehead atoms. The first kappa shape index (κ1) is 22.2. The average molecular weight is 436 g/mol. The Morgan fingerprint density at radius 3 is 2.88 bits per heavy atom. The highest BCUT2D eigenvalue weighted by Crippen LogP contribution is 2.38. The third kappa shape index (κ3) is 4.61. The van der Waals surface area contributed by atoms with Crippen LogP contribution >= 0.6 is 0 Å². The number of hydrogen-bond acceptors (Lipinski definition) is 5. The number of aryl methyl sites for hydroxylation is 1. The van der Waals surface area contributed by atoms with E-state index >= 15 is 0 Å². The van der Waals surface area contributed by atoms with Crippen LogP contribution in [-0.2, 0) is 17.6 Å². The number of amides is 1. The number of aromatic amines is 1. The minimum Gasteiger partial charge on any atom is -0.395 e. The molecule has 0 spiro atoms. The Morgan fingerprint density at radius 1 is 1.25 bits per heavy atom. The van der Waals surface area contributed by atoms with Crippen LogP contribution in [0, 0.1) is 0 Å². The zero-order valence-corrected chi connectivity index (χ0v) is 17.9. The summed E-state index contributed by atoms with van der Waals surface area (Å²) in [5, 5.41) is 29.9. The van der Waals surface area contributed by atoms with E-state index in [1.165, 1.54) is 17.2 Å². The lowest BCUT2D eigenvalue weighted by atomic mass is 9.99. The van der Waals surface area contributed by atoms with Gasteiger partial charge in [0, 0.05) is 41.8 Å². The van der Waals surface area contributed by atoms with Gasteiger partial charge in [-0.15, -0.1) is 0 Å². The number of aliphatic hydroxyl groups is 2. The largest absolute Gasteiger partial charge is 0.395 e. The highest BCUT2D eigenvalue weighted by atomic mass is 16.5. The molecule has 0 fully saturated rings. The molecule has 5 N–H and O–H groups in total. The quantitative estimate of drug-likeness (QED) is 0.202. The molecule has 2 aromatic carbocycles. The molecule has 0 saturated carbocycles. The van der Waals surface area contributed by atoms with Crippen LogP contribution in [-0.4, -0.2) is 57.0 Å². The highest BCUT2D eigenvalue weighted by Gasteiger charge is 2.32. The molecule has 2 atom stereocenters. The summed E-state index contributed by atoms with van der Waals surface area (Å²) in [5.41, 5.74) is 7.11. The first-order valence-corrected chi connectivity index (χ1v) is 10.9. The number of hydroxylamine groups is 1. The number of fused-ring (bicyclic) bond motifs is 2. The van der Waals surface area contributed by atoms with E-state index in [1.807, 2.05) is 30.5 Å². The molecule has 2 unspecified atom stereocenters. The van der Waals surface area contributed by atoms with Crippen molar-refractivity contribution in [3.05, 3.63) is 77.0 Å². The third-order valence-corrected chi connectivity index (χ3v) is 6.32. The van der Waals surface area contributed by atoms with E-state index in [9.17, 15) is 15.0 Å². The van der Waals surface area contributed by atoms with Gasteiger partial charge in [0.05, 0.1) is 13.2 Å². The Labute approximate surface area is 187 Å². The zero-order valence-electron chi connectivity index (χ0n) is 17.9. The van der Waals surface area contributed by atoms with Crippen molar-refractivity contribution >= 4 is 22.9 Å². The molecular weight excluding hydrogens is 406 g/mol. The van der Waals surface area contributed by atoms with Gasteiger partial charge in [-0.2, -0.15) is 0 Å². The van der Waals surface area contributed by atoms with Gasteiger partial charge in [0.2, 0.25) is 0 Å². The average Bonchev–Trinajstić information content (AvgIpc) is 3.43. The van der Waals surface area contributed by atoms with Crippen molar-refractivity contribution in [1.82, 2.24) is 15.4 Å². The number of rotatable bonds is 9.